The van der Waals surface area contributed by atoms with Gasteiger partial charge in [-0.2, -0.15) is 5.10 Å². The summed E-state index contributed by atoms with van der Waals surface area (Å²) < 4.78 is 1.82. The van der Waals surface area contributed by atoms with E-state index in [1.807, 2.05) is 70.7 Å². The number of nitrogens with zero attached hydrogens (tertiary/aromatic N) is 3. The number of carbonyl (C=O) groups excluding carboxylic acids is 2. The van der Waals surface area contributed by atoms with E-state index in [4.69, 9.17) is 5.10 Å². The molecule has 2 aromatic heterocycles. The Kier molecular flexibility index (Phi) is 6.10. The van der Waals surface area contributed by atoms with Crippen molar-refractivity contribution in [3.05, 3.63) is 101 Å². The van der Waals surface area contributed by atoms with Crippen LogP contribution in [0.3, 0.4) is 0 Å². The van der Waals surface area contributed by atoms with Crippen LogP contribution in [0.4, 0.5) is 11.5 Å². The zero-order valence-corrected chi connectivity index (χ0v) is 19.4. The summed E-state index contributed by atoms with van der Waals surface area (Å²) in [7, 11) is 0. The van der Waals surface area contributed by atoms with Crippen molar-refractivity contribution in [2.75, 3.05) is 16.8 Å². The van der Waals surface area contributed by atoms with Gasteiger partial charge in [0.2, 0.25) is 5.91 Å². The number of fused-ring (bicyclic) bond motifs is 1. The summed E-state index contributed by atoms with van der Waals surface area (Å²) in [6.07, 6.45) is 3.01. The number of anilines is 2. The Morgan fingerprint density at radius 3 is 2.71 bits per heavy atom. The second-order valence-electron chi connectivity index (χ2n) is 8.13. The molecule has 0 radical (unpaired) electrons. The van der Waals surface area contributed by atoms with E-state index in [0.29, 0.717) is 24.5 Å². The lowest BCUT2D eigenvalue weighted by atomic mass is 9.98. The molecule has 3 heterocycles. The van der Waals surface area contributed by atoms with Gasteiger partial charge in [0.15, 0.2) is 0 Å². The maximum atomic E-state index is 13.2. The number of amides is 2. The minimum Gasteiger partial charge on any atom is -0.309 e. The van der Waals surface area contributed by atoms with Crippen LogP contribution in [0.15, 0.2) is 84.8 Å². The highest BCUT2D eigenvalue weighted by atomic mass is 32.1. The van der Waals surface area contributed by atoms with Crippen LogP contribution in [-0.4, -0.2) is 28.1 Å². The molecule has 2 aromatic carbocycles. The predicted molar refractivity (Wildman–Crippen MR) is 136 cm³/mol. The van der Waals surface area contributed by atoms with Gasteiger partial charge in [-0.15, -0.1) is 11.3 Å². The lowest BCUT2D eigenvalue weighted by Gasteiger charge is -2.28. The van der Waals surface area contributed by atoms with Crippen molar-refractivity contribution in [2.24, 2.45) is 0 Å². The lowest BCUT2D eigenvalue weighted by Crippen LogP contribution is -2.34. The highest BCUT2D eigenvalue weighted by Gasteiger charge is 2.22. The fraction of sp³-hybridized carbons (Fsp3) is 0.148. The third-order valence-corrected chi connectivity index (χ3v) is 6.76. The zero-order chi connectivity index (χ0) is 23.5. The molecule has 6 nitrogen and oxygen atoms in total. The molecule has 0 fully saturated rings. The Hall–Kier alpha value is -3.97. The molecule has 1 aliphatic rings. The van der Waals surface area contributed by atoms with E-state index >= 15 is 0 Å². The molecule has 2 amide bonds. The lowest BCUT2D eigenvalue weighted by molar-refractivity contribution is -0.114. The number of carbonyl (C=O) groups is 2. The van der Waals surface area contributed by atoms with Crippen LogP contribution in [0.5, 0.6) is 0 Å². The average molecular weight is 469 g/mol. The van der Waals surface area contributed by atoms with Crippen LogP contribution >= 0.6 is 11.3 Å². The molecule has 1 N–H and O–H groups in total. The molecule has 0 atom stereocenters. The quantitative estimate of drug-likeness (QED) is 0.387. The summed E-state index contributed by atoms with van der Waals surface area (Å²) in [4.78, 5) is 28.2. The monoisotopic (exact) mass is 468 g/mol. The first kappa shape index (κ1) is 21.9. The van der Waals surface area contributed by atoms with E-state index < -0.39 is 0 Å². The van der Waals surface area contributed by atoms with Gasteiger partial charge in [0.25, 0.3) is 5.91 Å². The van der Waals surface area contributed by atoms with Crippen molar-refractivity contribution < 1.29 is 9.59 Å². The van der Waals surface area contributed by atoms with Crippen molar-refractivity contribution in [1.82, 2.24) is 9.78 Å². The van der Waals surface area contributed by atoms with Crippen molar-refractivity contribution in [3.63, 3.8) is 0 Å². The molecule has 5 rings (SSSR count). The third kappa shape index (κ3) is 4.43. The minimum atomic E-state index is -0.207. The number of hydrogen-bond donors (Lipinski definition) is 1. The number of aryl methyl sites for hydroxylation is 1. The molecule has 0 spiro atoms. The number of nitrogens with one attached hydrogen (secondary N) is 1. The van der Waals surface area contributed by atoms with Crippen LogP contribution in [0.2, 0.25) is 0 Å². The molecule has 0 aliphatic carbocycles. The van der Waals surface area contributed by atoms with Crippen LogP contribution < -0.4 is 10.2 Å². The summed E-state index contributed by atoms with van der Waals surface area (Å²) in [6.45, 7) is 4.80. The molecule has 34 heavy (non-hydrogen) atoms. The van der Waals surface area contributed by atoms with E-state index in [1.165, 1.54) is 6.08 Å². The van der Waals surface area contributed by atoms with Crippen molar-refractivity contribution >= 4 is 34.7 Å². The van der Waals surface area contributed by atoms with E-state index in [0.717, 1.165) is 40.2 Å². The van der Waals surface area contributed by atoms with Gasteiger partial charge >= 0.3 is 0 Å². The molecule has 0 saturated carbocycles. The van der Waals surface area contributed by atoms with E-state index in [2.05, 4.69) is 11.9 Å². The van der Waals surface area contributed by atoms with Crippen LogP contribution in [-0.2, 0) is 17.8 Å². The molecule has 0 saturated heterocycles. The van der Waals surface area contributed by atoms with Crippen molar-refractivity contribution in [2.45, 2.75) is 19.4 Å². The number of hydrogen-bond acceptors (Lipinski definition) is 4. The number of thiophene rings is 1. The minimum absolute atomic E-state index is 0.121. The number of rotatable bonds is 6. The Balaban J connectivity index is 1.43. The molecule has 4 aromatic rings. The van der Waals surface area contributed by atoms with Crippen molar-refractivity contribution in [3.8, 4) is 10.6 Å². The van der Waals surface area contributed by atoms with Crippen LogP contribution in [0, 0.1) is 0 Å². The van der Waals surface area contributed by atoms with E-state index in [-0.39, 0.29) is 11.8 Å². The van der Waals surface area contributed by atoms with E-state index in [9.17, 15) is 9.59 Å². The summed E-state index contributed by atoms with van der Waals surface area (Å²) in [6, 6.07) is 21.5. The Morgan fingerprint density at radius 2 is 1.94 bits per heavy atom. The standard InChI is InChI=1S/C27H24N4O2S/c1-2-26(32)30-14-6-10-20-16-21(12-13-23(20)30)27(33)28-25-17-22(24-11-7-15-34-24)29-31(25)18-19-8-4-3-5-9-19/h2-5,7-9,11-13,15-17H,1,6,10,14,18H2,(H,28,33). The van der Waals surface area contributed by atoms with E-state index in [1.54, 1.807) is 22.3 Å². The summed E-state index contributed by atoms with van der Waals surface area (Å²) in [5.41, 5.74) is 4.31. The van der Waals surface area contributed by atoms with Gasteiger partial charge in [0.05, 0.1) is 11.4 Å². The van der Waals surface area contributed by atoms with Crippen LogP contribution in [0.1, 0.15) is 27.9 Å². The second-order valence-corrected chi connectivity index (χ2v) is 9.08. The smallest absolute Gasteiger partial charge is 0.256 e. The molecule has 7 heteroatoms. The summed E-state index contributed by atoms with van der Waals surface area (Å²) >= 11 is 1.61. The van der Waals surface area contributed by atoms with Gasteiger partial charge in [-0.3, -0.25) is 9.59 Å². The first-order valence-corrected chi connectivity index (χ1v) is 12.0. The van der Waals surface area contributed by atoms with Gasteiger partial charge < -0.3 is 10.2 Å². The fourth-order valence-corrected chi connectivity index (χ4v) is 4.89. The van der Waals surface area contributed by atoms with Gasteiger partial charge in [0, 0.05) is 23.9 Å². The molecular weight excluding hydrogens is 444 g/mol. The number of benzene rings is 2. The highest BCUT2D eigenvalue weighted by Crippen LogP contribution is 2.30. The van der Waals surface area contributed by atoms with Gasteiger partial charge in [-0.1, -0.05) is 43.0 Å². The molecule has 1 aliphatic heterocycles. The number of aromatic nitrogens is 2. The predicted octanol–water partition coefficient (Wildman–Crippen LogP) is 5.38. The largest absolute Gasteiger partial charge is 0.309 e. The zero-order valence-electron chi connectivity index (χ0n) is 18.6. The highest BCUT2D eigenvalue weighted by molar-refractivity contribution is 7.13. The third-order valence-electron chi connectivity index (χ3n) is 5.87. The molecule has 0 bridgehead atoms. The van der Waals surface area contributed by atoms with Gasteiger partial charge in [-0.25, -0.2) is 4.68 Å². The van der Waals surface area contributed by atoms with Gasteiger partial charge in [0.1, 0.15) is 11.5 Å². The first-order chi connectivity index (χ1) is 16.6. The van der Waals surface area contributed by atoms with Crippen LogP contribution in [0.25, 0.3) is 10.6 Å². The summed E-state index contributed by atoms with van der Waals surface area (Å²) in [5, 5.41) is 9.82. The molecular formula is C27H24N4O2S. The fourth-order valence-electron chi connectivity index (χ4n) is 4.20. The van der Waals surface area contributed by atoms with Crippen molar-refractivity contribution in [1.29, 1.82) is 0 Å². The Morgan fingerprint density at radius 1 is 1.09 bits per heavy atom. The normalized spacial score (nSPS) is 12.8. The average Bonchev–Trinajstić information content (AvgIpc) is 3.54. The van der Waals surface area contributed by atoms with Gasteiger partial charge in [-0.05, 0) is 59.7 Å². The maximum Gasteiger partial charge on any atom is 0.256 e. The maximum absolute atomic E-state index is 13.2. The molecule has 170 valence electrons. The Labute approximate surface area is 202 Å². The second kappa shape index (κ2) is 9.49. The topological polar surface area (TPSA) is 67.2 Å². The summed E-state index contributed by atoms with van der Waals surface area (Å²) in [5.74, 6) is 0.310. The molecule has 0 unspecified atom stereocenters. The Bertz CT molecular complexity index is 1340. The first-order valence-electron chi connectivity index (χ1n) is 11.2. The SMILES string of the molecule is C=CC(=O)N1CCCc2cc(C(=O)Nc3cc(-c4cccs4)nn3Cc3ccccc3)ccc21.